The Morgan fingerprint density at radius 1 is 1.32 bits per heavy atom. The zero-order chi connectivity index (χ0) is 14.0. The Hall–Kier alpha value is -1.03. The van der Waals surface area contributed by atoms with Gasteiger partial charge < -0.3 is 5.32 Å². The highest BCUT2D eigenvalue weighted by Crippen LogP contribution is 2.43. The summed E-state index contributed by atoms with van der Waals surface area (Å²) in [6.45, 7) is 5.20. The van der Waals surface area contributed by atoms with Crippen LogP contribution in [0.25, 0.3) is 0 Å². The molecule has 106 valence electrons. The van der Waals surface area contributed by atoms with Crippen LogP contribution < -0.4 is 5.32 Å². The molecule has 1 aromatic rings. The van der Waals surface area contributed by atoms with Crippen LogP contribution in [0, 0.1) is 5.92 Å². The molecule has 2 rings (SSSR count). The van der Waals surface area contributed by atoms with Crippen LogP contribution >= 0.6 is 0 Å². The van der Waals surface area contributed by atoms with Crippen LogP contribution in [0.5, 0.6) is 0 Å². The smallest absolute Gasteiger partial charge is 0.314 e. The third-order valence-electron chi connectivity index (χ3n) is 4.08. The number of benzene rings is 1. The molecule has 0 spiro atoms. The summed E-state index contributed by atoms with van der Waals surface area (Å²) >= 11 is 0. The minimum Gasteiger partial charge on any atom is -0.314 e. The molecule has 0 amide bonds. The van der Waals surface area contributed by atoms with E-state index in [1.54, 1.807) is 0 Å². The van der Waals surface area contributed by atoms with E-state index in [1.165, 1.54) is 12.1 Å². The second-order valence-electron chi connectivity index (χ2n) is 5.39. The van der Waals surface area contributed by atoms with Gasteiger partial charge in [0.05, 0.1) is 5.56 Å². The van der Waals surface area contributed by atoms with E-state index in [1.807, 2.05) is 6.07 Å². The first kappa shape index (κ1) is 14.4. The van der Waals surface area contributed by atoms with E-state index in [0.29, 0.717) is 12.0 Å². The van der Waals surface area contributed by atoms with Gasteiger partial charge in [-0.1, -0.05) is 32.0 Å². The van der Waals surface area contributed by atoms with E-state index < -0.39 is 11.7 Å². The SMILES string of the molecule is CCCNC1CC(c2cccc(C(F)(F)F)c2)C1C. The first-order valence-corrected chi connectivity index (χ1v) is 6.84. The van der Waals surface area contributed by atoms with Crippen molar-refractivity contribution in [3.8, 4) is 0 Å². The summed E-state index contributed by atoms with van der Waals surface area (Å²) in [4.78, 5) is 0. The summed E-state index contributed by atoms with van der Waals surface area (Å²) < 4.78 is 38.0. The summed E-state index contributed by atoms with van der Waals surface area (Å²) in [7, 11) is 0. The van der Waals surface area contributed by atoms with E-state index in [2.05, 4.69) is 19.2 Å². The predicted molar refractivity (Wildman–Crippen MR) is 70.0 cm³/mol. The summed E-state index contributed by atoms with van der Waals surface area (Å²) in [5.74, 6) is 0.645. The van der Waals surface area contributed by atoms with Crippen LogP contribution in [0.15, 0.2) is 24.3 Å². The Morgan fingerprint density at radius 2 is 2.05 bits per heavy atom. The Balaban J connectivity index is 2.04. The van der Waals surface area contributed by atoms with Gasteiger partial charge in [0.15, 0.2) is 0 Å². The van der Waals surface area contributed by atoms with E-state index in [9.17, 15) is 13.2 Å². The van der Waals surface area contributed by atoms with Gasteiger partial charge >= 0.3 is 6.18 Å². The van der Waals surface area contributed by atoms with Crippen molar-refractivity contribution in [2.24, 2.45) is 5.92 Å². The number of hydrogen-bond donors (Lipinski definition) is 1. The number of nitrogens with one attached hydrogen (secondary N) is 1. The van der Waals surface area contributed by atoms with Gasteiger partial charge in [-0.3, -0.25) is 0 Å². The lowest BCUT2D eigenvalue weighted by Crippen LogP contribution is -2.48. The van der Waals surface area contributed by atoms with Crippen LogP contribution in [0.2, 0.25) is 0 Å². The molecule has 0 aliphatic heterocycles. The van der Waals surface area contributed by atoms with E-state index in [4.69, 9.17) is 0 Å². The minimum absolute atomic E-state index is 0.247. The van der Waals surface area contributed by atoms with Crippen molar-refractivity contribution in [1.82, 2.24) is 5.32 Å². The van der Waals surface area contributed by atoms with Gasteiger partial charge in [-0.25, -0.2) is 0 Å². The van der Waals surface area contributed by atoms with Gasteiger partial charge in [0.2, 0.25) is 0 Å². The quantitative estimate of drug-likeness (QED) is 0.865. The summed E-state index contributed by atoms with van der Waals surface area (Å²) in [6.07, 6.45) is -2.23. The zero-order valence-corrected chi connectivity index (χ0v) is 11.3. The topological polar surface area (TPSA) is 12.0 Å². The van der Waals surface area contributed by atoms with Crippen molar-refractivity contribution in [1.29, 1.82) is 0 Å². The van der Waals surface area contributed by atoms with Gasteiger partial charge in [0.25, 0.3) is 0 Å². The maximum absolute atomic E-state index is 12.7. The van der Waals surface area contributed by atoms with Crippen LogP contribution in [-0.2, 0) is 6.18 Å². The highest BCUT2D eigenvalue weighted by atomic mass is 19.4. The van der Waals surface area contributed by atoms with Crippen molar-refractivity contribution in [2.45, 2.75) is 44.8 Å². The number of hydrogen-bond acceptors (Lipinski definition) is 1. The molecule has 3 unspecified atom stereocenters. The number of rotatable bonds is 4. The Bertz CT molecular complexity index is 428. The fourth-order valence-electron chi connectivity index (χ4n) is 2.77. The molecule has 1 aromatic carbocycles. The van der Waals surface area contributed by atoms with Gasteiger partial charge in [0, 0.05) is 6.04 Å². The third kappa shape index (κ3) is 3.11. The van der Waals surface area contributed by atoms with Crippen LogP contribution in [-0.4, -0.2) is 12.6 Å². The molecule has 0 bridgehead atoms. The molecule has 1 aliphatic carbocycles. The van der Waals surface area contributed by atoms with Gasteiger partial charge in [-0.15, -0.1) is 0 Å². The second kappa shape index (κ2) is 5.53. The Labute approximate surface area is 112 Å². The van der Waals surface area contributed by atoms with Crippen molar-refractivity contribution in [3.05, 3.63) is 35.4 Å². The van der Waals surface area contributed by atoms with Gasteiger partial charge in [0.1, 0.15) is 0 Å². The van der Waals surface area contributed by atoms with E-state index in [0.717, 1.165) is 31.0 Å². The van der Waals surface area contributed by atoms with Crippen molar-refractivity contribution in [3.63, 3.8) is 0 Å². The fraction of sp³-hybridized carbons (Fsp3) is 0.600. The van der Waals surface area contributed by atoms with Crippen LogP contribution in [0.4, 0.5) is 13.2 Å². The highest BCUT2D eigenvalue weighted by molar-refractivity contribution is 5.31. The molecule has 4 heteroatoms. The normalized spacial score (nSPS) is 27.1. The van der Waals surface area contributed by atoms with Crippen molar-refractivity contribution >= 4 is 0 Å². The first-order chi connectivity index (χ1) is 8.93. The van der Waals surface area contributed by atoms with Crippen LogP contribution in [0.3, 0.4) is 0 Å². The maximum atomic E-state index is 12.7. The molecule has 0 aromatic heterocycles. The van der Waals surface area contributed by atoms with E-state index in [-0.39, 0.29) is 5.92 Å². The first-order valence-electron chi connectivity index (χ1n) is 6.84. The molecule has 3 atom stereocenters. The molecule has 1 fully saturated rings. The monoisotopic (exact) mass is 271 g/mol. The minimum atomic E-state index is -4.25. The molecule has 1 N–H and O–H groups in total. The van der Waals surface area contributed by atoms with E-state index >= 15 is 0 Å². The number of halogens is 3. The largest absolute Gasteiger partial charge is 0.416 e. The van der Waals surface area contributed by atoms with Crippen molar-refractivity contribution < 1.29 is 13.2 Å². The molecule has 1 nitrogen and oxygen atoms in total. The highest BCUT2D eigenvalue weighted by Gasteiger charge is 2.39. The summed E-state index contributed by atoms with van der Waals surface area (Å²) in [6, 6.07) is 6.21. The molecule has 0 heterocycles. The average molecular weight is 271 g/mol. The standard InChI is InChI=1S/C15H20F3N/c1-3-7-19-14-9-13(10(14)2)11-5-4-6-12(8-11)15(16,17)18/h4-6,8,10,13-14,19H,3,7,9H2,1-2H3. The molecule has 0 saturated heterocycles. The van der Waals surface area contributed by atoms with Crippen molar-refractivity contribution in [2.75, 3.05) is 6.54 Å². The van der Waals surface area contributed by atoms with Gasteiger partial charge in [-0.05, 0) is 42.9 Å². The summed E-state index contributed by atoms with van der Waals surface area (Å²) in [5, 5.41) is 3.44. The maximum Gasteiger partial charge on any atom is 0.416 e. The Kier molecular flexibility index (Phi) is 4.19. The number of alkyl halides is 3. The van der Waals surface area contributed by atoms with Crippen LogP contribution in [0.1, 0.15) is 43.7 Å². The molecule has 1 aliphatic rings. The lowest BCUT2D eigenvalue weighted by Gasteiger charge is -2.44. The second-order valence-corrected chi connectivity index (χ2v) is 5.39. The molecular formula is C15H20F3N. The average Bonchev–Trinajstić information content (AvgIpc) is 2.36. The lowest BCUT2D eigenvalue weighted by atomic mass is 9.67. The molecule has 1 saturated carbocycles. The molecular weight excluding hydrogens is 251 g/mol. The summed E-state index contributed by atoms with van der Waals surface area (Å²) in [5.41, 5.74) is 0.277. The zero-order valence-electron chi connectivity index (χ0n) is 11.3. The third-order valence-corrected chi connectivity index (χ3v) is 4.08. The van der Waals surface area contributed by atoms with Gasteiger partial charge in [-0.2, -0.15) is 13.2 Å². The molecule has 19 heavy (non-hydrogen) atoms. The predicted octanol–water partition coefficient (Wildman–Crippen LogP) is 4.20. The fourth-order valence-corrected chi connectivity index (χ4v) is 2.77. The Morgan fingerprint density at radius 3 is 2.63 bits per heavy atom. The lowest BCUT2D eigenvalue weighted by molar-refractivity contribution is -0.137. The molecule has 0 radical (unpaired) electrons.